The lowest BCUT2D eigenvalue weighted by Crippen LogP contribution is -2.26. The van der Waals surface area contributed by atoms with Crippen molar-refractivity contribution in [1.82, 2.24) is 0 Å². The summed E-state index contributed by atoms with van der Waals surface area (Å²) in [6, 6.07) is 12.1. The molecule has 1 unspecified atom stereocenters. The standard InChI is InChI=1S/C16H15NO3/c1-17-16-13-7-6-12(19)8-15(13)20-9-14(16)10-2-4-11(18)5-3-10/h2-8,14,18-19H,9H2,1H3. The molecular formula is C16H15NO3. The quantitative estimate of drug-likeness (QED) is 0.836. The molecule has 1 aliphatic rings. The van der Waals surface area contributed by atoms with E-state index in [2.05, 4.69) is 4.99 Å². The van der Waals surface area contributed by atoms with Gasteiger partial charge in [0.15, 0.2) is 0 Å². The lowest BCUT2D eigenvalue weighted by Gasteiger charge is -2.27. The molecule has 0 fully saturated rings. The molecule has 0 radical (unpaired) electrons. The molecule has 102 valence electrons. The summed E-state index contributed by atoms with van der Waals surface area (Å²) >= 11 is 0. The van der Waals surface area contributed by atoms with E-state index in [1.54, 1.807) is 31.3 Å². The minimum atomic E-state index is 0.0256. The van der Waals surface area contributed by atoms with E-state index in [-0.39, 0.29) is 17.4 Å². The van der Waals surface area contributed by atoms with Crippen molar-refractivity contribution >= 4 is 5.71 Å². The molecule has 1 heterocycles. The monoisotopic (exact) mass is 269 g/mol. The van der Waals surface area contributed by atoms with Gasteiger partial charge in [0.25, 0.3) is 0 Å². The van der Waals surface area contributed by atoms with Gasteiger partial charge >= 0.3 is 0 Å². The van der Waals surface area contributed by atoms with E-state index in [0.717, 1.165) is 16.8 Å². The van der Waals surface area contributed by atoms with Crippen LogP contribution < -0.4 is 4.74 Å². The summed E-state index contributed by atoms with van der Waals surface area (Å²) < 4.78 is 5.73. The molecule has 3 rings (SSSR count). The van der Waals surface area contributed by atoms with Crippen LogP contribution in [0.15, 0.2) is 47.5 Å². The van der Waals surface area contributed by atoms with E-state index in [0.29, 0.717) is 12.4 Å². The fraction of sp³-hybridized carbons (Fsp3) is 0.188. The van der Waals surface area contributed by atoms with Crippen molar-refractivity contribution in [3.8, 4) is 17.2 Å². The fourth-order valence-corrected chi connectivity index (χ4v) is 2.52. The molecule has 20 heavy (non-hydrogen) atoms. The Kier molecular flexibility index (Phi) is 3.06. The average molecular weight is 269 g/mol. The first-order chi connectivity index (χ1) is 9.69. The summed E-state index contributed by atoms with van der Waals surface area (Å²) in [7, 11) is 1.75. The van der Waals surface area contributed by atoms with Gasteiger partial charge in [0.2, 0.25) is 0 Å². The van der Waals surface area contributed by atoms with Crippen molar-refractivity contribution in [2.75, 3.05) is 13.7 Å². The largest absolute Gasteiger partial charge is 0.508 e. The number of rotatable bonds is 1. The molecule has 0 aliphatic carbocycles. The maximum absolute atomic E-state index is 9.51. The third-order valence-electron chi connectivity index (χ3n) is 3.51. The normalized spacial score (nSPS) is 19.4. The number of hydrogen-bond acceptors (Lipinski definition) is 4. The summed E-state index contributed by atoms with van der Waals surface area (Å²) in [6.45, 7) is 0.466. The van der Waals surface area contributed by atoms with Crippen LogP contribution in [-0.4, -0.2) is 29.6 Å². The number of aliphatic imine (C=N–C) groups is 1. The topological polar surface area (TPSA) is 62.1 Å². The zero-order chi connectivity index (χ0) is 14.1. The van der Waals surface area contributed by atoms with Crippen LogP contribution in [0.25, 0.3) is 0 Å². The van der Waals surface area contributed by atoms with Gasteiger partial charge in [0, 0.05) is 18.7 Å². The second kappa shape index (κ2) is 4.89. The first-order valence-corrected chi connectivity index (χ1v) is 6.41. The molecule has 4 nitrogen and oxygen atoms in total. The Balaban J connectivity index is 2.03. The molecule has 0 aromatic heterocycles. The minimum absolute atomic E-state index is 0.0256. The average Bonchev–Trinajstić information content (AvgIpc) is 2.46. The molecule has 0 saturated carbocycles. The second-order valence-electron chi connectivity index (χ2n) is 4.74. The molecule has 0 spiro atoms. The van der Waals surface area contributed by atoms with Crippen LogP contribution in [-0.2, 0) is 0 Å². The van der Waals surface area contributed by atoms with Crippen molar-refractivity contribution in [2.45, 2.75) is 5.92 Å². The smallest absolute Gasteiger partial charge is 0.132 e. The highest BCUT2D eigenvalue weighted by molar-refractivity contribution is 6.08. The number of benzene rings is 2. The minimum Gasteiger partial charge on any atom is -0.508 e. The maximum atomic E-state index is 9.51. The van der Waals surface area contributed by atoms with Crippen LogP contribution in [0.5, 0.6) is 17.2 Å². The van der Waals surface area contributed by atoms with Gasteiger partial charge in [-0.05, 0) is 29.8 Å². The molecular weight excluding hydrogens is 254 g/mol. The highest BCUT2D eigenvalue weighted by Crippen LogP contribution is 2.35. The second-order valence-corrected chi connectivity index (χ2v) is 4.74. The van der Waals surface area contributed by atoms with E-state index in [9.17, 15) is 10.2 Å². The van der Waals surface area contributed by atoms with Crippen LogP contribution in [0.3, 0.4) is 0 Å². The first-order valence-electron chi connectivity index (χ1n) is 6.41. The van der Waals surface area contributed by atoms with Gasteiger partial charge < -0.3 is 14.9 Å². The van der Waals surface area contributed by atoms with Crippen molar-refractivity contribution in [1.29, 1.82) is 0 Å². The van der Waals surface area contributed by atoms with Gasteiger partial charge in [-0.25, -0.2) is 0 Å². The fourth-order valence-electron chi connectivity index (χ4n) is 2.52. The highest BCUT2D eigenvalue weighted by atomic mass is 16.5. The van der Waals surface area contributed by atoms with Crippen LogP contribution in [0.2, 0.25) is 0 Å². The Morgan fingerprint density at radius 1 is 1.05 bits per heavy atom. The van der Waals surface area contributed by atoms with Gasteiger partial charge in [0.05, 0.1) is 11.6 Å². The number of fused-ring (bicyclic) bond motifs is 1. The molecule has 2 aromatic rings. The van der Waals surface area contributed by atoms with E-state index >= 15 is 0 Å². The molecule has 1 aliphatic heterocycles. The van der Waals surface area contributed by atoms with Gasteiger partial charge in [-0.3, -0.25) is 4.99 Å². The van der Waals surface area contributed by atoms with E-state index < -0.39 is 0 Å². The maximum Gasteiger partial charge on any atom is 0.132 e. The first kappa shape index (κ1) is 12.5. The summed E-state index contributed by atoms with van der Waals surface area (Å²) in [5.41, 5.74) is 2.87. The summed E-state index contributed by atoms with van der Waals surface area (Å²) in [5, 5.41) is 18.9. The van der Waals surface area contributed by atoms with Crippen molar-refractivity contribution in [2.24, 2.45) is 4.99 Å². The zero-order valence-electron chi connectivity index (χ0n) is 11.1. The predicted octanol–water partition coefficient (Wildman–Crippen LogP) is 2.69. The van der Waals surface area contributed by atoms with Crippen LogP contribution in [0.1, 0.15) is 17.0 Å². The third-order valence-corrected chi connectivity index (χ3v) is 3.51. The molecule has 0 amide bonds. The van der Waals surface area contributed by atoms with Crippen LogP contribution >= 0.6 is 0 Å². The number of nitrogens with zero attached hydrogens (tertiary/aromatic N) is 1. The molecule has 1 atom stereocenters. The number of hydrogen-bond donors (Lipinski definition) is 2. The molecule has 4 heteroatoms. The Morgan fingerprint density at radius 3 is 2.45 bits per heavy atom. The van der Waals surface area contributed by atoms with Gasteiger partial charge in [0.1, 0.15) is 23.9 Å². The zero-order valence-corrected chi connectivity index (χ0v) is 11.1. The van der Waals surface area contributed by atoms with Crippen LogP contribution in [0.4, 0.5) is 0 Å². The van der Waals surface area contributed by atoms with Gasteiger partial charge in [-0.1, -0.05) is 12.1 Å². The molecule has 2 aromatic carbocycles. The van der Waals surface area contributed by atoms with Crippen LogP contribution in [0, 0.1) is 0 Å². The molecule has 2 N–H and O–H groups in total. The Morgan fingerprint density at radius 2 is 1.75 bits per heavy atom. The summed E-state index contributed by atoms with van der Waals surface area (Å²) in [4.78, 5) is 4.39. The van der Waals surface area contributed by atoms with Crippen molar-refractivity contribution in [3.05, 3.63) is 53.6 Å². The Hall–Kier alpha value is -2.49. The molecule has 0 bridgehead atoms. The number of phenolic OH excluding ortho intramolecular Hbond substituents is 2. The Labute approximate surface area is 117 Å². The summed E-state index contributed by atoms with van der Waals surface area (Å²) in [5.74, 6) is 1.10. The number of ether oxygens (including phenoxy) is 1. The molecule has 0 saturated heterocycles. The lowest BCUT2D eigenvalue weighted by atomic mass is 9.88. The van der Waals surface area contributed by atoms with Gasteiger partial charge in [-0.15, -0.1) is 0 Å². The predicted molar refractivity (Wildman–Crippen MR) is 76.9 cm³/mol. The Bertz CT molecular complexity index is 662. The highest BCUT2D eigenvalue weighted by Gasteiger charge is 2.28. The number of aromatic hydroxyl groups is 2. The number of phenols is 2. The van der Waals surface area contributed by atoms with E-state index in [1.165, 1.54) is 0 Å². The van der Waals surface area contributed by atoms with Crippen molar-refractivity contribution < 1.29 is 14.9 Å². The van der Waals surface area contributed by atoms with Crippen molar-refractivity contribution in [3.63, 3.8) is 0 Å². The summed E-state index contributed by atoms with van der Waals surface area (Å²) in [6.07, 6.45) is 0. The SMILES string of the molecule is CN=C1c2ccc(O)cc2OCC1c1ccc(O)cc1. The third kappa shape index (κ3) is 2.09. The lowest BCUT2D eigenvalue weighted by molar-refractivity contribution is 0.300. The van der Waals surface area contributed by atoms with E-state index in [1.807, 2.05) is 18.2 Å². The van der Waals surface area contributed by atoms with E-state index in [4.69, 9.17) is 4.74 Å². The van der Waals surface area contributed by atoms with Gasteiger partial charge in [-0.2, -0.15) is 0 Å².